The fourth-order valence-electron chi connectivity index (χ4n) is 2.36. The van der Waals surface area contributed by atoms with E-state index >= 15 is 0 Å². The summed E-state index contributed by atoms with van der Waals surface area (Å²) < 4.78 is 27.4. The highest BCUT2D eigenvalue weighted by atomic mass is 16.6. The Morgan fingerprint density at radius 2 is 0.957 bits per heavy atom. The summed E-state index contributed by atoms with van der Waals surface area (Å²) in [4.78, 5) is 0. The third kappa shape index (κ3) is 3.06. The van der Waals surface area contributed by atoms with Gasteiger partial charge in [0, 0.05) is 5.69 Å². The van der Waals surface area contributed by atoms with E-state index in [-0.39, 0.29) is 0 Å². The molecule has 0 aromatic heterocycles. The van der Waals surface area contributed by atoms with E-state index in [4.69, 9.17) is 23.7 Å². The second kappa shape index (κ2) is 7.49. The molecule has 0 saturated heterocycles. The molecular weight excluding hydrogens is 298 g/mol. The van der Waals surface area contributed by atoms with Gasteiger partial charge in [0.05, 0.1) is 35.5 Å². The van der Waals surface area contributed by atoms with Gasteiger partial charge in [-0.2, -0.15) is 0 Å². The van der Waals surface area contributed by atoms with Gasteiger partial charge in [-0.1, -0.05) is 18.2 Å². The summed E-state index contributed by atoms with van der Waals surface area (Å²) in [5.41, 5.74) is 1.47. The van der Waals surface area contributed by atoms with E-state index in [1.807, 2.05) is 30.3 Å². The number of benzene rings is 2. The molecule has 0 aliphatic heterocycles. The first-order valence-electron chi connectivity index (χ1n) is 6.97. The van der Waals surface area contributed by atoms with Crippen molar-refractivity contribution in [2.45, 2.75) is 0 Å². The van der Waals surface area contributed by atoms with Crippen LogP contribution in [0.1, 0.15) is 0 Å². The lowest BCUT2D eigenvalue weighted by atomic mass is 10.2. The van der Waals surface area contributed by atoms with Crippen molar-refractivity contribution in [3.05, 3.63) is 30.3 Å². The van der Waals surface area contributed by atoms with Gasteiger partial charge in [0.1, 0.15) is 5.69 Å². The van der Waals surface area contributed by atoms with Crippen LogP contribution in [0.3, 0.4) is 0 Å². The third-order valence-corrected chi connectivity index (χ3v) is 3.34. The van der Waals surface area contributed by atoms with E-state index in [1.54, 1.807) is 28.4 Å². The second-order valence-corrected chi connectivity index (χ2v) is 4.53. The van der Waals surface area contributed by atoms with E-state index < -0.39 is 0 Å². The molecule has 0 spiro atoms. The summed E-state index contributed by atoms with van der Waals surface area (Å²) in [5.74, 6) is 2.18. The lowest BCUT2D eigenvalue weighted by Gasteiger charge is -2.22. The molecule has 0 aliphatic carbocycles. The van der Waals surface area contributed by atoms with Crippen molar-refractivity contribution in [3.8, 4) is 28.7 Å². The van der Waals surface area contributed by atoms with Crippen molar-refractivity contribution in [1.29, 1.82) is 0 Å². The molecule has 0 aliphatic rings. The molecule has 2 aromatic carbocycles. The molecule has 0 amide bonds. The van der Waals surface area contributed by atoms with Crippen LogP contribution in [0.5, 0.6) is 28.7 Å². The fraction of sp³-hybridized carbons (Fsp3) is 0.294. The van der Waals surface area contributed by atoms with E-state index in [0.29, 0.717) is 34.4 Å². The lowest BCUT2D eigenvalue weighted by Crippen LogP contribution is -2.05. The largest absolute Gasteiger partial charge is 0.491 e. The standard InChI is InChI=1S/C17H21NO5/c1-19-13-12(18-11-9-7-6-8-10-11)14(20-2)16(22-4)17(23-5)15(13)21-3/h6-10,18H,1-5H3. The lowest BCUT2D eigenvalue weighted by molar-refractivity contribution is 0.292. The third-order valence-electron chi connectivity index (χ3n) is 3.34. The number of ether oxygens (including phenoxy) is 5. The van der Waals surface area contributed by atoms with E-state index in [1.165, 1.54) is 7.11 Å². The highest BCUT2D eigenvalue weighted by Gasteiger charge is 2.28. The van der Waals surface area contributed by atoms with Crippen LogP contribution in [0, 0.1) is 0 Å². The van der Waals surface area contributed by atoms with Crippen LogP contribution in [0.2, 0.25) is 0 Å². The number of nitrogens with one attached hydrogen (secondary N) is 1. The zero-order valence-electron chi connectivity index (χ0n) is 13.9. The zero-order chi connectivity index (χ0) is 16.8. The molecule has 0 bridgehead atoms. The first-order valence-corrected chi connectivity index (χ1v) is 6.97. The Bertz CT molecular complexity index is 625. The highest BCUT2D eigenvalue weighted by Crippen LogP contribution is 2.56. The van der Waals surface area contributed by atoms with Gasteiger partial charge in [-0.15, -0.1) is 0 Å². The van der Waals surface area contributed by atoms with Gasteiger partial charge in [0.25, 0.3) is 0 Å². The molecule has 0 atom stereocenters. The normalized spacial score (nSPS) is 9.96. The first-order chi connectivity index (χ1) is 11.2. The minimum Gasteiger partial charge on any atom is -0.491 e. The van der Waals surface area contributed by atoms with Gasteiger partial charge in [0.2, 0.25) is 17.2 Å². The van der Waals surface area contributed by atoms with Crippen molar-refractivity contribution in [2.24, 2.45) is 0 Å². The number of anilines is 2. The van der Waals surface area contributed by atoms with Crippen LogP contribution >= 0.6 is 0 Å². The Hall–Kier alpha value is -2.76. The van der Waals surface area contributed by atoms with Crippen LogP contribution in [0.15, 0.2) is 30.3 Å². The smallest absolute Gasteiger partial charge is 0.211 e. The van der Waals surface area contributed by atoms with Crippen LogP contribution in [0.4, 0.5) is 11.4 Å². The van der Waals surface area contributed by atoms with Crippen molar-refractivity contribution >= 4 is 11.4 Å². The minimum absolute atomic E-state index is 0.405. The van der Waals surface area contributed by atoms with Gasteiger partial charge in [0.15, 0.2) is 11.5 Å². The molecule has 0 radical (unpaired) electrons. The summed E-state index contributed by atoms with van der Waals surface area (Å²) in [7, 11) is 7.72. The Labute approximate surface area is 135 Å². The summed E-state index contributed by atoms with van der Waals surface area (Å²) >= 11 is 0. The van der Waals surface area contributed by atoms with E-state index in [9.17, 15) is 0 Å². The fourth-order valence-corrected chi connectivity index (χ4v) is 2.36. The van der Waals surface area contributed by atoms with Crippen molar-refractivity contribution in [2.75, 3.05) is 40.9 Å². The molecule has 0 fully saturated rings. The summed E-state index contributed by atoms with van der Waals surface area (Å²) in [6.45, 7) is 0. The molecule has 1 N–H and O–H groups in total. The van der Waals surface area contributed by atoms with Gasteiger partial charge in [-0.3, -0.25) is 0 Å². The number of rotatable bonds is 7. The Morgan fingerprint density at radius 1 is 0.565 bits per heavy atom. The summed E-state index contributed by atoms with van der Waals surface area (Å²) in [5, 5.41) is 3.28. The molecule has 2 rings (SSSR count). The van der Waals surface area contributed by atoms with Gasteiger partial charge >= 0.3 is 0 Å². The average molecular weight is 319 g/mol. The molecule has 23 heavy (non-hydrogen) atoms. The molecule has 6 heteroatoms. The quantitative estimate of drug-likeness (QED) is 0.843. The second-order valence-electron chi connectivity index (χ2n) is 4.53. The predicted octanol–water partition coefficient (Wildman–Crippen LogP) is 3.47. The SMILES string of the molecule is COc1c(Nc2ccccc2)c(OC)c(OC)c(OC)c1OC. The molecular formula is C17H21NO5. The van der Waals surface area contributed by atoms with Gasteiger partial charge in [-0.05, 0) is 12.1 Å². The Kier molecular flexibility index (Phi) is 5.41. The topological polar surface area (TPSA) is 58.2 Å². The van der Waals surface area contributed by atoms with Crippen molar-refractivity contribution in [3.63, 3.8) is 0 Å². The van der Waals surface area contributed by atoms with Crippen LogP contribution in [-0.4, -0.2) is 35.5 Å². The maximum absolute atomic E-state index is 5.52. The molecule has 6 nitrogen and oxygen atoms in total. The molecule has 2 aromatic rings. The molecule has 0 unspecified atom stereocenters. The number of para-hydroxylation sites is 1. The number of hydrogen-bond acceptors (Lipinski definition) is 6. The average Bonchev–Trinajstić information content (AvgIpc) is 2.60. The Morgan fingerprint density at radius 3 is 1.35 bits per heavy atom. The summed E-state index contributed by atoms with van der Waals surface area (Å²) in [6, 6.07) is 9.66. The molecule has 0 heterocycles. The molecule has 124 valence electrons. The van der Waals surface area contributed by atoms with Crippen LogP contribution in [0.25, 0.3) is 0 Å². The van der Waals surface area contributed by atoms with E-state index in [2.05, 4.69) is 5.32 Å². The maximum Gasteiger partial charge on any atom is 0.211 e. The van der Waals surface area contributed by atoms with Crippen LogP contribution in [-0.2, 0) is 0 Å². The monoisotopic (exact) mass is 319 g/mol. The van der Waals surface area contributed by atoms with Crippen LogP contribution < -0.4 is 29.0 Å². The van der Waals surface area contributed by atoms with E-state index in [0.717, 1.165) is 5.69 Å². The van der Waals surface area contributed by atoms with Gasteiger partial charge in [-0.25, -0.2) is 0 Å². The predicted molar refractivity (Wildman–Crippen MR) is 88.9 cm³/mol. The number of methoxy groups -OCH3 is 5. The highest BCUT2D eigenvalue weighted by molar-refractivity contribution is 5.84. The first kappa shape index (κ1) is 16.6. The zero-order valence-corrected chi connectivity index (χ0v) is 13.9. The van der Waals surface area contributed by atoms with Crippen molar-refractivity contribution < 1.29 is 23.7 Å². The number of hydrogen-bond donors (Lipinski definition) is 1. The van der Waals surface area contributed by atoms with Gasteiger partial charge < -0.3 is 29.0 Å². The summed E-state index contributed by atoms with van der Waals surface area (Å²) in [6.07, 6.45) is 0. The maximum atomic E-state index is 5.52. The molecule has 0 saturated carbocycles. The Balaban J connectivity index is 2.71. The minimum atomic E-state index is 0.405. The van der Waals surface area contributed by atoms with Crippen molar-refractivity contribution in [1.82, 2.24) is 0 Å².